The second kappa shape index (κ2) is 9.19. The third kappa shape index (κ3) is 5.57. The molecule has 26 heavy (non-hydrogen) atoms. The Morgan fingerprint density at radius 3 is 2.69 bits per heavy atom. The lowest BCUT2D eigenvalue weighted by molar-refractivity contribution is -0.112. The molecule has 1 aromatic heterocycles. The van der Waals surface area contributed by atoms with Gasteiger partial charge in [-0.05, 0) is 48.3 Å². The van der Waals surface area contributed by atoms with Crippen molar-refractivity contribution in [2.45, 2.75) is 13.5 Å². The monoisotopic (exact) mass is 429 g/mol. The van der Waals surface area contributed by atoms with Crippen molar-refractivity contribution in [2.75, 3.05) is 5.32 Å². The predicted molar refractivity (Wildman–Crippen MR) is 108 cm³/mol. The number of benzene rings is 1. The molecule has 9 heteroatoms. The summed E-state index contributed by atoms with van der Waals surface area (Å²) in [5.41, 5.74) is 0.689. The van der Waals surface area contributed by atoms with Crippen LogP contribution in [-0.2, 0) is 11.3 Å². The highest BCUT2D eigenvalue weighted by molar-refractivity contribution is 7.10. The maximum atomic E-state index is 12.2. The minimum Gasteiger partial charge on any atom is -0.297 e. The zero-order valence-electron chi connectivity index (χ0n) is 13.6. The number of hydrogen-bond acceptors (Lipinski definition) is 4. The molecule has 5 nitrogen and oxygen atoms in total. The number of amides is 1. The summed E-state index contributed by atoms with van der Waals surface area (Å²) >= 11 is 18.6. The van der Waals surface area contributed by atoms with Crippen LogP contribution in [0.4, 0.5) is 5.13 Å². The van der Waals surface area contributed by atoms with Crippen LogP contribution in [0.15, 0.2) is 58.4 Å². The molecule has 1 aromatic carbocycles. The minimum atomic E-state index is -0.469. The SMILES string of the molecule is C=C(Cl)C=CC(=CC)C(=O)Nc1nc(=O)n(Cc2ccc(Cl)c(Cl)c2)s1. The van der Waals surface area contributed by atoms with Gasteiger partial charge in [-0.2, -0.15) is 4.98 Å². The Hall–Kier alpha value is -1.86. The third-order valence-electron chi connectivity index (χ3n) is 3.15. The molecule has 1 N–H and O–H groups in total. The number of halogens is 3. The second-order valence-corrected chi connectivity index (χ2v) is 7.36. The van der Waals surface area contributed by atoms with Gasteiger partial charge in [0.05, 0.1) is 16.6 Å². The molecule has 0 fully saturated rings. The molecule has 136 valence electrons. The summed E-state index contributed by atoms with van der Waals surface area (Å²) in [7, 11) is 0. The van der Waals surface area contributed by atoms with Crippen LogP contribution in [0, 0.1) is 0 Å². The molecule has 0 radical (unpaired) electrons. The maximum Gasteiger partial charge on any atom is 0.360 e. The molecule has 2 rings (SSSR count). The molecule has 1 amide bonds. The Labute approximate surface area is 169 Å². The number of carbonyl (C=O) groups excluding carboxylic acids is 1. The molecule has 0 saturated heterocycles. The van der Waals surface area contributed by atoms with Crippen LogP contribution in [0.2, 0.25) is 10.0 Å². The van der Waals surface area contributed by atoms with Crippen molar-refractivity contribution in [3.05, 3.63) is 79.7 Å². The summed E-state index contributed by atoms with van der Waals surface area (Å²) in [4.78, 5) is 28.1. The van der Waals surface area contributed by atoms with Crippen molar-refractivity contribution < 1.29 is 4.79 Å². The van der Waals surface area contributed by atoms with E-state index in [1.807, 2.05) is 0 Å². The number of aromatic nitrogens is 2. The van der Waals surface area contributed by atoms with Crippen molar-refractivity contribution >= 4 is 57.4 Å². The Balaban J connectivity index is 2.14. The zero-order chi connectivity index (χ0) is 19.3. The Kier molecular flexibility index (Phi) is 7.23. The number of carbonyl (C=O) groups is 1. The van der Waals surface area contributed by atoms with Crippen LogP contribution < -0.4 is 11.0 Å². The molecule has 0 aliphatic rings. The van der Waals surface area contributed by atoms with Gasteiger partial charge in [0.2, 0.25) is 5.13 Å². The van der Waals surface area contributed by atoms with E-state index in [2.05, 4.69) is 16.9 Å². The lowest BCUT2D eigenvalue weighted by Gasteiger charge is -2.03. The van der Waals surface area contributed by atoms with Crippen LogP contribution in [0.5, 0.6) is 0 Å². The Morgan fingerprint density at radius 2 is 2.08 bits per heavy atom. The van der Waals surface area contributed by atoms with Gasteiger partial charge in [-0.1, -0.05) is 53.5 Å². The highest BCUT2D eigenvalue weighted by atomic mass is 35.5. The van der Waals surface area contributed by atoms with Gasteiger partial charge in [0.1, 0.15) is 0 Å². The number of nitrogens with one attached hydrogen (secondary N) is 1. The Morgan fingerprint density at radius 1 is 1.35 bits per heavy atom. The van der Waals surface area contributed by atoms with Crippen LogP contribution in [0.25, 0.3) is 0 Å². The van der Waals surface area contributed by atoms with Crippen LogP contribution >= 0.6 is 46.3 Å². The molecule has 0 aliphatic heterocycles. The predicted octanol–water partition coefficient (Wildman–Crippen LogP) is 4.85. The van der Waals surface area contributed by atoms with E-state index in [0.29, 0.717) is 20.7 Å². The molecule has 0 unspecified atom stereocenters. The zero-order valence-corrected chi connectivity index (χ0v) is 16.7. The molecular weight excluding hydrogens is 417 g/mol. The Bertz CT molecular complexity index is 960. The van der Waals surface area contributed by atoms with Crippen LogP contribution in [0.3, 0.4) is 0 Å². The molecule has 0 spiro atoms. The standard InChI is InChI=1S/C17H14Cl3N3O2S/c1-3-12(6-4-10(2)18)15(24)21-16-22-17(25)23(26-16)9-11-5-7-13(19)14(20)8-11/h3-8H,2,9H2,1H3,(H,21,22,24,25). The average molecular weight is 431 g/mol. The van der Waals surface area contributed by atoms with E-state index in [1.54, 1.807) is 31.2 Å². The first-order valence-electron chi connectivity index (χ1n) is 7.32. The number of hydrogen-bond donors (Lipinski definition) is 1. The quantitative estimate of drug-likeness (QED) is 0.526. The minimum absolute atomic E-state index is 0.192. The van der Waals surface area contributed by atoms with E-state index in [4.69, 9.17) is 34.8 Å². The van der Waals surface area contributed by atoms with Crippen molar-refractivity contribution in [3.63, 3.8) is 0 Å². The van der Waals surface area contributed by atoms with E-state index in [-0.39, 0.29) is 11.7 Å². The average Bonchev–Trinajstić information content (AvgIpc) is 2.90. The molecule has 0 aliphatic carbocycles. The number of anilines is 1. The fourth-order valence-electron chi connectivity index (χ4n) is 1.91. The van der Waals surface area contributed by atoms with Gasteiger partial charge in [-0.25, -0.2) is 8.75 Å². The third-order valence-corrected chi connectivity index (χ3v) is 4.89. The van der Waals surface area contributed by atoms with Gasteiger partial charge in [0.25, 0.3) is 5.91 Å². The molecule has 0 bridgehead atoms. The van der Waals surface area contributed by atoms with E-state index in [9.17, 15) is 9.59 Å². The fraction of sp³-hybridized carbons (Fsp3) is 0.118. The topological polar surface area (TPSA) is 64.0 Å². The van der Waals surface area contributed by atoms with Crippen molar-refractivity contribution in [2.24, 2.45) is 0 Å². The normalized spacial score (nSPS) is 11.8. The van der Waals surface area contributed by atoms with Crippen molar-refractivity contribution in [1.29, 1.82) is 0 Å². The van der Waals surface area contributed by atoms with Gasteiger partial charge in [0, 0.05) is 10.6 Å². The van der Waals surface area contributed by atoms with E-state index in [1.165, 1.54) is 16.1 Å². The summed E-state index contributed by atoms with van der Waals surface area (Å²) in [6.45, 7) is 5.50. The summed E-state index contributed by atoms with van der Waals surface area (Å²) in [5, 5.41) is 3.92. The lowest BCUT2D eigenvalue weighted by Crippen LogP contribution is -2.16. The molecular formula is C17H14Cl3N3O2S. The highest BCUT2D eigenvalue weighted by Gasteiger charge is 2.12. The summed E-state index contributed by atoms with van der Waals surface area (Å²) in [6, 6.07) is 5.10. The number of rotatable bonds is 6. The molecule has 0 atom stereocenters. The molecule has 2 aromatic rings. The first-order valence-corrected chi connectivity index (χ1v) is 9.23. The van der Waals surface area contributed by atoms with Gasteiger partial charge in [-0.3, -0.25) is 10.1 Å². The summed E-state index contributed by atoms with van der Waals surface area (Å²) in [5.74, 6) is -0.405. The first-order chi connectivity index (χ1) is 12.3. The van der Waals surface area contributed by atoms with Gasteiger partial charge < -0.3 is 0 Å². The maximum absolute atomic E-state index is 12.2. The van der Waals surface area contributed by atoms with E-state index in [0.717, 1.165) is 17.1 Å². The van der Waals surface area contributed by atoms with Crippen LogP contribution in [0.1, 0.15) is 12.5 Å². The van der Waals surface area contributed by atoms with Gasteiger partial charge in [0.15, 0.2) is 0 Å². The largest absolute Gasteiger partial charge is 0.360 e. The fourth-order valence-corrected chi connectivity index (χ4v) is 3.10. The van der Waals surface area contributed by atoms with Gasteiger partial charge >= 0.3 is 5.69 Å². The summed E-state index contributed by atoms with van der Waals surface area (Å²) < 4.78 is 1.40. The second-order valence-electron chi connectivity index (χ2n) is 5.05. The molecule has 0 saturated carbocycles. The first kappa shape index (κ1) is 20.5. The number of allylic oxidation sites excluding steroid dienone is 3. The van der Waals surface area contributed by atoms with Crippen LogP contribution in [-0.4, -0.2) is 14.8 Å². The van der Waals surface area contributed by atoms with Crippen molar-refractivity contribution in [3.8, 4) is 0 Å². The number of nitrogens with zero attached hydrogens (tertiary/aromatic N) is 2. The van der Waals surface area contributed by atoms with Crippen molar-refractivity contribution in [1.82, 2.24) is 8.94 Å². The highest BCUT2D eigenvalue weighted by Crippen LogP contribution is 2.23. The van der Waals surface area contributed by atoms with E-state index >= 15 is 0 Å². The smallest absolute Gasteiger partial charge is 0.297 e. The lowest BCUT2D eigenvalue weighted by atomic mass is 10.2. The summed E-state index contributed by atoms with van der Waals surface area (Å²) in [6.07, 6.45) is 4.64. The molecule has 1 heterocycles. The van der Waals surface area contributed by atoms with E-state index < -0.39 is 11.6 Å². The van der Waals surface area contributed by atoms with Gasteiger partial charge in [-0.15, -0.1) is 0 Å².